The van der Waals surface area contributed by atoms with Crippen molar-refractivity contribution in [2.45, 2.75) is 26.4 Å². The van der Waals surface area contributed by atoms with E-state index in [1.54, 1.807) is 0 Å². The largest absolute Gasteiger partial charge is 0.433 e. The second-order valence-electron chi connectivity index (χ2n) is 4.31. The minimum atomic E-state index is -4.38. The van der Waals surface area contributed by atoms with Crippen molar-refractivity contribution >= 4 is 0 Å². The summed E-state index contributed by atoms with van der Waals surface area (Å²) in [7, 11) is 0. The van der Waals surface area contributed by atoms with Crippen LogP contribution in [0.4, 0.5) is 13.2 Å². The number of nitrogens with two attached hydrogens (primary N) is 1. The lowest BCUT2D eigenvalue weighted by Crippen LogP contribution is -2.26. The van der Waals surface area contributed by atoms with Gasteiger partial charge in [0.05, 0.1) is 6.20 Å². The summed E-state index contributed by atoms with van der Waals surface area (Å²) in [6.07, 6.45) is -2.91. The zero-order valence-corrected chi connectivity index (χ0v) is 8.65. The SMILES string of the molecule is CC(C)(CN)Cc1cn[nH]c1C(F)(F)F. The number of hydrogen-bond donors (Lipinski definition) is 2. The first-order valence-corrected chi connectivity index (χ1v) is 4.56. The van der Waals surface area contributed by atoms with Crippen LogP contribution in [0, 0.1) is 5.41 Å². The Morgan fingerprint density at radius 3 is 2.47 bits per heavy atom. The fraction of sp³-hybridized carbons (Fsp3) is 0.667. The molecule has 0 fully saturated rings. The van der Waals surface area contributed by atoms with Gasteiger partial charge >= 0.3 is 6.18 Å². The molecular weight excluding hydrogens is 207 g/mol. The molecule has 0 amide bonds. The van der Waals surface area contributed by atoms with Gasteiger partial charge < -0.3 is 5.73 Å². The summed E-state index contributed by atoms with van der Waals surface area (Å²) in [4.78, 5) is 0. The van der Waals surface area contributed by atoms with E-state index in [9.17, 15) is 13.2 Å². The van der Waals surface area contributed by atoms with E-state index in [2.05, 4.69) is 5.10 Å². The van der Waals surface area contributed by atoms with Gasteiger partial charge in [-0.2, -0.15) is 18.3 Å². The number of alkyl halides is 3. The minimum absolute atomic E-state index is 0.165. The third-order valence-electron chi connectivity index (χ3n) is 2.22. The summed E-state index contributed by atoms with van der Waals surface area (Å²) in [5.74, 6) is 0. The molecule has 6 heteroatoms. The average molecular weight is 221 g/mol. The molecule has 0 radical (unpaired) electrons. The number of aromatic nitrogens is 2. The molecule has 0 aromatic carbocycles. The second kappa shape index (κ2) is 3.84. The highest BCUT2D eigenvalue weighted by Crippen LogP contribution is 2.32. The molecule has 15 heavy (non-hydrogen) atoms. The Labute approximate surface area is 85.9 Å². The zero-order chi connectivity index (χ0) is 11.7. The number of rotatable bonds is 3. The van der Waals surface area contributed by atoms with Crippen LogP contribution in [-0.4, -0.2) is 16.7 Å². The molecule has 0 bridgehead atoms. The van der Waals surface area contributed by atoms with Gasteiger partial charge in [-0.25, -0.2) is 0 Å². The zero-order valence-electron chi connectivity index (χ0n) is 8.65. The van der Waals surface area contributed by atoms with Crippen LogP contribution in [0.1, 0.15) is 25.1 Å². The van der Waals surface area contributed by atoms with Crippen molar-refractivity contribution in [1.29, 1.82) is 0 Å². The molecule has 0 unspecified atom stereocenters. The van der Waals surface area contributed by atoms with Gasteiger partial charge in [-0.3, -0.25) is 5.10 Å². The fourth-order valence-electron chi connectivity index (χ4n) is 1.28. The maximum Gasteiger partial charge on any atom is 0.433 e. The maximum atomic E-state index is 12.5. The predicted octanol–water partition coefficient (Wildman–Crippen LogP) is 1.96. The van der Waals surface area contributed by atoms with Crippen molar-refractivity contribution in [1.82, 2.24) is 10.2 Å². The molecule has 1 rings (SSSR count). The van der Waals surface area contributed by atoms with E-state index < -0.39 is 11.9 Å². The van der Waals surface area contributed by atoms with E-state index in [-0.39, 0.29) is 17.4 Å². The number of H-pyrrole nitrogens is 1. The van der Waals surface area contributed by atoms with Crippen molar-refractivity contribution < 1.29 is 13.2 Å². The van der Waals surface area contributed by atoms with Crippen molar-refractivity contribution in [3.8, 4) is 0 Å². The van der Waals surface area contributed by atoms with Crippen LogP contribution < -0.4 is 5.73 Å². The van der Waals surface area contributed by atoms with Crippen LogP contribution in [0.5, 0.6) is 0 Å². The van der Waals surface area contributed by atoms with Gasteiger partial charge in [0.25, 0.3) is 0 Å². The molecule has 0 spiro atoms. The van der Waals surface area contributed by atoms with Gasteiger partial charge in [0.1, 0.15) is 5.69 Å². The van der Waals surface area contributed by atoms with E-state index in [1.165, 1.54) is 6.20 Å². The first-order valence-electron chi connectivity index (χ1n) is 4.56. The van der Waals surface area contributed by atoms with Gasteiger partial charge in [0.15, 0.2) is 0 Å². The topological polar surface area (TPSA) is 54.7 Å². The predicted molar refractivity (Wildman–Crippen MR) is 50.1 cm³/mol. The van der Waals surface area contributed by atoms with E-state index in [0.717, 1.165) is 0 Å². The Balaban J connectivity index is 2.92. The smallest absolute Gasteiger partial charge is 0.330 e. The highest BCUT2D eigenvalue weighted by molar-refractivity contribution is 5.20. The molecular formula is C9H14F3N3. The number of aromatic amines is 1. The van der Waals surface area contributed by atoms with Crippen molar-refractivity contribution in [2.75, 3.05) is 6.54 Å². The molecule has 0 aliphatic heterocycles. The molecule has 0 saturated heterocycles. The minimum Gasteiger partial charge on any atom is -0.330 e. The standard InChI is InChI=1S/C9H14F3N3/c1-8(2,5-13)3-6-4-14-15-7(6)9(10,11)12/h4H,3,5,13H2,1-2H3,(H,14,15). The molecule has 3 nitrogen and oxygen atoms in total. The summed E-state index contributed by atoms with van der Waals surface area (Å²) >= 11 is 0. The Bertz CT molecular complexity index is 328. The molecule has 0 aliphatic rings. The third kappa shape index (κ3) is 2.95. The van der Waals surface area contributed by atoms with Gasteiger partial charge in [-0.1, -0.05) is 13.8 Å². The van der Waals surface area contributed by atoms with E-state index in [0.29, 0.717) is 6.54 Å². The number of hydrogen-bond acceptors (Lipinski definition) is 2. The van der Waals surface area contributed by atoms with Crippen LogP contribution in [-0.2, 0) is 12.6 Å². The Kier molecular flexibility index (Phi) is 3.08. The monoisotopic (exact) mass is 221 g/mol. The summed E-state index contributed by atoms with van der Waals surface area (Å²) in [5.41, 5.74) is 4.50. The summed E-state index contributed by atoms with van der Waals surface area (Å²) in [6.45, 7) is 3.97. The van der Waals surface area contributed by atoms with Crippen LogP contribution in [0.2, 0.25) is 0 Å². The van der Waals surface area contributed by atoms with Crippen LogP contribution >= 0.6 is 0 Å². The lowest BCUT2D eigenvalue weighted by molar-refractivity contribution is -0.141. The molecule has 0 atom stereocenters. The van der Waals surface area contributed by atoms with Crippen molar-refractivity contribution in [3.05, 3.63) is 17.5 Å². The highest BCUT2D eigenvalue weighted by atomic mass is 19.4. The highest BCUT2D eigenvalue weighted by Gasteiger charge is 2.36. The summed E-state index contributed by atoms with van der Waals surface area (Å²) in [5, 5.41) is 5.40. The summed E-state index contributed by atoms with van der Waals surface area (Å²) < 4.78 is 37.4. The lowest BCUT2D eigenvalue weighted by Gasteiger charge is -2.22. The molecule has 1 heterocycles. The molecule has 1 aromatic rings. The second-order valence-corrected chi connectivity index (χ2v) is 4.31. The van der Waals surface area contributed by atoms with E-state index in [4.69, 9.17) is 5.73 Å². The van der Waals surface area contributed by atoms with Gasteiger partial charge in [0.2, 0.25) is 0 Å². The molecule has 0 aliphatic carbocycles. The number of halogens is 3. The first kappa shape index (κ1) is 12.0. The van der Waals surface area contributed by atoms with Crippen molar-refractivity contribution in [3.63, 3.8) is 0 Å². The van der Waals surface area contributed by atoms with Crippen molar-refractivity contribution in [2.24, 2.45) is 11.1 Å². The summed E-state index contributed by atoms with van der Waals surface area (Å²) in [6, 6.07) is 0. The van der Waals surface area contributed by atoms with Crippen LogP contribution in [0.15, 0.2) is 6.20 Å². The van der Waals surface area contributed by atoms with Gasteiger partial charge in [-0.05, 0) is 18.4 Å². The number of nitrogens with zero attached hydrogens (tertiary/aromatic N) is 1. The first-order chi connectivity index (χ1) is 6.76. The molecule has 86 valence electrons. The average Bonchev–Trinajstić information content (AvgIpc) is 2.50. The number of nitrogens with one attached hydrogen (secondary N) is 1. The van der Waals surface area contributed by atoms with Gasteiger partial charge in [-0.15, -0.1) is 0 Å². The Hall–Kier alpha value is -1.04. The Morgan fingerprint density at radius 2 is 2.00 bits per heavy atom. The maximum absolute atomic E-state index is 12.5. The van der Waals surface area contributed by atoms with Crippen LogP contribution in [0.3, 0.4) is 0 Å². The normalized spacial score (nSPS) is 13.2. The van der Waals surface area contributed by atoms with E-state index in [1.807, 2.05) is 18.9 Å². The third-order valence-corrected chi connectivity index (χ3v) is 2.22. The van der Waals surface area contributed by atoms with Crippen LogP contribution in [0.25, 0.3) is 0 Å². The fourth-order valence-corrected chi connectivity index (χ4v) is 1.28. The molecule has 3 N–H and O–H groups in total. The molecule has 0 saturated carbocycles. The Morgan fingerprint density at radius 1 is 1.40 bits per heavy atom. The quantitative estimate of drug-likeness (QED) is 0.819. The van der Waals surface area contributed by atoms with Gasteiger partial charge in [0, 0.05) is 5.56 Å². The lowest BCUT2D eigenvalue weighted by atomic mass is 9.86. The molecule has 1 aromatic heterocycles. The van der Waals surface area contributed by atoms with E-state index >= 15 is 0 Å².